The van der Waals surface area contributed by atoms with Gasteiger partial charge in [-0.25, -0.2) is 9.78 Å². The summed E-state index contributed by atoms with van der Waals surface area (Å²) in [7, 11) is 0. The number of carboxylic acid groups (broad SMARTS) is 1. The lowest BCUT2D eigenvalue weighted by atomic mass is 10.0. The number of rotatable bonds is 4. The summed E-state index contributed by atoms with van der Waals surface area (Å²) in [5.41, 5.74) is -0.0485. The van der Waals surface area contributed by atoms with Crippen LogP contribution < -0.4 is 0 Å². The van der Waals surface area contributed by atoms with Crippen molar-refractivity contribution in [2.45, 2.75) is 26.2 Å². The highest BCUT2D eigenvalue weighted by Gasteiger charge is 2.28. The number of thiazole rings is 1. The van der Waals surface area contributed by atoms with Gasteiger partial charge in [-0.2, -0.15) is 0 Å². The second-order valence-corrected chi connectivity index (χ2v) is 5.40. The number of carbonyl (C=O) groups is 2. The molecule has 0 bridgehead atoms. The summed E-state index contributed by atoms with van der Waals surface area (Å²) in [6.45, 7) is 3.67. The minimum absolute atomic E-state index is 0.0485. The third kappa shape index (κ3) is 2.69. The van der Waals surface area contributed by atoms with Gasteiger partial charge in [0.1, 0.15) is 0 Å². The number of nitrogens with zero attached hydrogens (tertiary/aromatic N) is 2. The molecule has 0 spiro atoms. The van der Waals surface area contributed by atoms with E-state index in [9.17, 15) is 9.59 Å². The van der Waals surface area contributed by atoms with Crippen molar-refractivity contribution in [1.82, 2.24) is 9.88 Å². The lowest BCUT2D eigenvalue weighted by Crippen LogP contribution is -2.28. The van der Waals surface area contributed by atoms with Crippen LogP contribution in [0.15, 0.2) is 5.38 Å². The largest absolute Gasteiger partial charge is 0.476 e. The number of hydrogen-bond donors (Lipinski definition) is 1. The molecule has 0 radical (unpaired) electrons. The molecule has 0 aromatic carbocycles. The molecule has 2 rings (SSSR count). The Balaban J connectivity index is 2.01. The molecule has 1 aromatic rings. The molecule has 98 valence electrons. The van der Waals surface area contributed by atoms with Crippen molar-refractivity contribution in [3.8, 4) is 0 Å². The van der Waals surface area contributed by atoms with E-state index in [-0.39, 0.29) is 16.6 Å². The molecular formula is C12H16N2O3S. The zero-order valence-electron chi connectivity index (χ0n) is 10.3. The van der Waals surface area contributed by atoms with Crippen LogP contribution >= 0.6 is 11.3 Å². The summed E-state index contributed by atoms with van der Waals surface area (Å²) in [6, 6.07) is 0. The van der Waals surface area contributed by atoms with Gasteiger partial charge in [-0.3, -0.25) is 4.79 Å². The zero-order valence-corrected chi connectivity index (χ0v) is 11.1. The highest BCUT2D eigenvalue weighted by atomic mass is 32.1. The third-order valence-electron chi connectivity index (χ3n) is 3.18. The third-order valence-corrected chi connectivity index (χ3v) is 4.01. The van der Waals surface area contributed by atoms with Gasteiger partial charge in [0.05, 0.1) is 0 Å². The van der Waals surface area contributed by atoms with Gasteiger partial charge in [0.15, 0.2) is 10.7 Å². The molecule has 1 aliphatic rings. The Kier molecular flexibility index (Phi) is 3.96. The van der Waals surface area contributed by atoms with Gasteiger partial charge >= 0.3 is 5.97 Å². The van der Waals surface area contributed by atoms with Crippen LogP contribution in [0.2, 0.25) is 0 Å². The van der Waals surface area contributed by atoms with Crippen LogP contribution in [0.1, 0.15) is 46.5 Å². The Morgan fingerprint density at radius 2 is 2.39 bits per heavy atom. The van der Waals surface area contributed by atoms with Crippen LogP contribution in [0.25, 0.3) is 0 Å². The van der Waals surface area contributed by atoms with E-state index in [0.29, 0.717) is 5.92 Å². The number of aromatic carboxylic acids is 1. The average Bonchev–Trinajstić information content (AvgIpc) is 2.97. The highest BCUT2D eigenvalue weighted by molar-refractivity contribution is 7.11. The topological polar surface area (TPSA) is 70.5 Å². The molecule has 1 atom stereocenters. The summed E-state index contributed by atoms with van der Waals surface area (Å²) in [5, 5.41) is 10.5. The summed E-state index contributed by atoms with van der Waals surface area (Å²) in [5.74, 6) is -0.639. The normalized spacial score (nSPS) is 19.2. The van der Waals surface area contributed by atoms with Crippen LogP contribution in [-0.2, 0) is 0 Å². The fourth-order valence-corrected chi connectivity index (χ4v) is 3.02. The van der Waals surface area contributed by atoms with E-state index in [1.807, 2.05) is 0 Å². The summed E-state index contributed by atoms with van der Waals surface area (Å²) in [4.78, 5) is 28.5. The van der Waals surface area contributed by atoms with Gasteiger partial charge in [-0.05, 0) is 18.8 Å². The molecule has 2 heterocycles. The van der Waals surface area contributed by atoms with Crippen LogP contribution in [0.5, 0.6) is 0 Å². The number of carbonyl (C=O) groups excluding carboxylic acids is 1. The van der Waals surface area contributed by atoms with Crippen molar-refractivity contribution in [3.05, 3.63) is 16.1 Å². The maximum atomic E-state index is 12.1. The fraction of sp³-hybridized carbons (Fsp3) is 0.583. The molecule has 1 N–H and O–H groups in total. The molecule has 6 heteroatoms. The Bertz CT molecular complexity index is 458. The standard InChI is InChI=1S/C12H16N2O3S/c1-2-3-8-4-5-14(6-8)11(15)10-13-9(7-18-10)12(16)17/h7-8H,2-6H2,1H3,(H,16,17). The van der Waals surface area contributed by atoms with Crippen molar-refractivity contribution in [1.29, 1.82) is 0 Å². The molecule has 18 heavy (non-hydrogen) atoms. The number of amides is 1. The predicted octanol–water partition coefficient (Wildman–Crippen LogP) is 2.10. The summed E-state index contributed by atoms with van der Waals surface area (Å²) < 4.78 is 0. The van der Waals surface area contributed by atoms with E-state index in [1.165, 1.54) is 5.38 Å². The molecule has 1 saturated heterocycles. The Morgan fingerprint density at radius 3 is 3.00 bits per heavy atom. The van der Waals surface area contributed by atoms with Gasteiger partial charge in [0, 0.05) is 18.5 Å². The highest BCUT2D eigenvalue weighted by Crippen LogP contribution is 2.23. The van der Waals surface area contributed by atoms with Crippen molar-refractivity contribution in [3.63, 3.8) is 0 Å². The van der Waals surface area contributed by atoms with Crippen LogP contribution in [-0.4, -0.2) is 40.0 Å². The summed E-state index contributed by atoms with van der Waals surface area (Å²) in [6.07, 6.45) is 3.31. The first-order valence-electron chi connectivity index (χ1n) is 6.10. The average molecular weight is 268 g/mol. The van der Waals surface area contributed by atoms with Crippen molar-refractivity contribution in [2.24, 2.45) is 5.92 Å². The lowest BCUT2D eigenvalue weighted by Gasteiger charge is -2.14. The van der Waals surface area contributed by atoms with Crippen LogP contribution in [0.4, 0.5) is 0 Å². The van der Waals surface area contributed by atoms with Crippen LogP contribution in [0.3, 0.4) is 0 Å². The SMILES string of the molecule is CCCC1CCN(C(=O)c2nc(C(=O)O)cs2)C1. The molecule has 1 aliphatic heterocycles. The quantitative estimate of drug-likeness (QED) is 0.907. The minimum atomic E-state index is -1.09. The number of likely N-dealkylation sites (tertiary alicyclic amines) is 1. The maximum Gasteiger partial charge on any atom is 0.355 e. The second-order valence-electron chi connectivity index (χ2n) is 4.54. The van der Waals surface area contributed by atoms with Crippen molar-refractivity contribution < 1.29 is 14.7 Å². The fourth-order valence-electron chi connectivity index (χ4n) is 2.27. The molecule has 0 aliphatic carbocycles. The lowest BCUT2D eigenvalue weighted by molar-refractivity contribution is 0.0691. The Morgan fingerprint density at radius 1 is 1.61 bits per heavy atom. The first kappa shape index (κ1) is 13.0. The first-order chi connectivity index (χ1) is 8.61. The predicted molar refractivity (Wildman–Crippen MR) is 68.0 cm³/mol. The van der Waals surface area contributed by atoms with Crippen molar-refractivity contribution in [2.75, 3.05) is 13.1 Å². The van der Waals surface area contributed by atoms with E-state index in [1.54, 1.807) is 4.90 Å². The molecule has 1 unspecified atom stereocenters. The van der Waals surface area contributed by atoms with E-state index in [0.717, 1.165) is 43.7 Å². The van der Waals surface area contributed by atoms with Gasteiger partial charge in [0.2, 0.25) is 0 Å². The van der Waals surface area contributed by atoms with E-state index in [4.69, 9.17) is 5.11 Å². The maximum absolute atomic E-state index is 12.1. The van der Waals surface area contributed by atoms with E-state index >= 15 is 0 Å². The number of aromatic nitrogens is 1. The molecule has 0 saturated carbocycles. The van der Waals surface area contributed by atoms with Gasteiger partial charge in [-0.1, -0.05) is 13.3 Å². The van der Waals surface area contributed by atoms with Crippen molar-refractivity contribution >= 4 is 23.2 Å². The Labute approximate surface area is 109 Å². The molecule has 1 amide bonds. The minimum Gasteiger partial charge on any atom is -0.476 e. The summed E-state index contributed by atoms with van der Waals surface area (Å²) >= 11 is 1.10. The second kappa shape index (κ2) is 5.48. The first-order valence-corrected chi connectivity index (χ1v) is 6.98. The van der Waals surface area contributed by atoms with E-state index in [2.05, 4.69) is 11.9 Å². The van der Waals surface area contributed by atoms with Gasteiger partial charge in [-0.15, -0.1) is 11.3 Å². The molecule has 1 fully saturated rings. The molecular weight excluding hydrogens is 252 g/mol. The smallest absolute Gasteiger partial charge is 0.355 e. The zero-order chi connectivity index (χ0) is 13.1. The van der Waals surface area contributed by atoms with Crippen LogP contribution in [0, 0.1) is 5.92 Å². The Hall–Kier alpha value is -1.43. The van der Waals surface area contributed by atoms with E-state index < -0.39 is 5.97 Å². The molecule has 1 aromatic heterocycles. The van der Waals surface area contributed by atoms with Gasteiger partial charge < -0.3 is 10.0 Å². The van der Waals surface area contributed by atoms with Gasteiger partial charge in [0.25, 0.3) is 5.91 Å². The number of hydrogen-bond acceptors (Lipinski definition) is 4. The number of carboxylic acids is 1. The molecule has 5 nitrogen and oxygen atoms in total. The monoisotopic (exact) mass is 268 g/mol.